The SMILES string of the molecule is CCOC(=O)Nc1ccc(C(=O)N2CCCC2c2cc(OC)ccc2OC)cc1. The number of nitrogens with one attached hydrogen (secondary N) is 1. The molecule has 0 spiro atoms. The third-order valence-electron chi connectivity index (χ3n) is 4.96. The van der Waals surface area contributed by atoms with Gasteiger partial charge in [0, 0.05) is 23.4 Å². The molecule has 1 saturated heterocycles. The molecule has 2 amide bonds. The predicted molar refractivity (Wildman–Crippen MR) is 110 cm³/mol. The molecule has 1 atom stereocenters. The van der Waals surface area contributed by atoms with Crippen LogP contribution in [0.2, 0.25) is 0 Å². The Hall–Kier alpha value is -3.22. The minimum absolute atomic E-state index is 0.0555. The maximum Gasteiger partial charge on any atom is 0.411 e. The first-order valence-corrected chi connectivity index (χ1v) is 9.64. The lowest BCUT2D eigenvalue weighted by atomic mass is 10.0. The minimum atomic E-state index is -0.517. The number of likely N-dealkylation sites (tertiary alicyclic amines) is 1. The summed E-state index contributed by atoms with van der Waals surface area (Å²) in [5.41, 5.74) is 2.08. The first-order valence-electron chi connectivity index (χ1n) is 9.64. The van der Waals surface area contributed by atoms with Crippen LogP contribution < -0.4 is 14.8 Å². The smallest absolute Gasteiger partial charge is 0.411 e. The van der Waals surface area contributed by atoms with Gasteiger partial charge in [0.1, 0.15) is 11.5 Å². The third kappa shape index (κ3) is 4.62. The van der Waals surface area contributed by atoms with Gasteiger partial charge in [0.25, 0.3) is 5.91 Å². The Balaban J connectivity index is 1.79. The molecule has 0 saturated carbocycles. The number of carbonyl (C=O) groups excluding carboxylic acids is 2. The van der Waals surface area contributed by atoms with Gasteiger partial charge in [-0.15, -0.1) is 0 Å². The highest BCUT2D eigenvalue weighted by molar-refractivity contribution is 5.95. The van der Waals surface area contributed by atoms with Crippen LogP contribution in [-0.4, -0.2) is 44.3 Å². The van der Waals surface area contributed by atoms with Crippen LogP contribution in [0.15, 0.2) is 42.5 Å². The lowest BCUT2D eigenvalue weighted by molar-refractivity contribution is 0.0734. The molecule has 2 aromatic rings. The number of nitrogens with zero attached hydrogens (tertiary/aromatic N) is 1. The quantitative estimate of drug-likeness (QED) is 0.787. The highest BCUT2D eigenvalue weighted by Gasteiger charge is 2.32. The fraction of sp³-hybridized carbons (Fsp3) is 0.364. The van der Waals surface area contributed by atoms with Crippen molar-refractivity contribution in [1.82, 2.24) is 4.90 Å². The molecule has 7 heteroatoms. The van der Waals surface area contributed by atoms with E-state index in [1.54, 1.807) is 45.4 Å². The van der Waals surface area contributed by atoms with Crippen molar-refractivity contribution >= 4 is 17.7 Å². The normalized spacial score (nSPS) is 15.7. The fourth-order valence-electron chi connectivity index (χ4n) is 3.58. The third-order valence-corrected chi connectivity index (χ3v) is 4.96. The molecule has 7 nitrogen and oxygen atoms in total. The number of hydrogen-bond acceptors (Lipinski definition) is 5. The molecule has 29 heavy (non-hydrogen) atoms. The first kappa shape index (κ1) is 20.5. The zero-order valence-electron chi connectivity index (χ0n) is 16.9. The largest absolute Gasteiger partial charge is 0.497 e. The average molecular weight is 398 g/mol. The Morgan fingerprint density at radius 3 is 2.52 bits per heavy atom. The van der Waals surface area contributed by atoms with Crippen LogP contribution >= 0.6 is 0 Å². The van der Waals surface area contributed by atoms with E-state index in [0.717, 1.165) is 29.9 Å². The van der Waals surface area contributed by atoms with Crippen molar-refractivity contribution in [2.75, 3.05) is 32.7 Å². The Bertz CT molecular complexity index is 866. The zero-order valence-corrected chi connectivity index (χ0v) is 16.9. The van der Waals surface area contributed by atoms with E-state index in [-0.39, 0.29) is 11.9 Å². The van der Waals surface area contributed by atoms with Crippen molar-refractivity contribution in [3.63, 3.8) is 0 Å². The lowest BCUT2D eigenvalue weighted by Crippen LogP contribution is -2.30. The lowest BCUT2D eigenvalue weighted by Gasteiger charge is -2.27. The molecule has 3 rings (SSSR count). The van der Waals surface area contributed by atoms with Crippen LogP contribution in [0.3, 0.4) is 0 Å². The van der Waals surface area contributed by atoms with E-state index >= 15 is 0 Å². The summed E-state index contributed by atoms with van der Waals surface area (Å²) in [6.45, 7) is 2.71. The molecule has 1 fully saturated rings. The summed E-state index contributed by atoms with van der Waals surface area (Å²) in [6.07, 6.45) is 1.26. The van der Waals surface area contributed by atoms with Gasteiger partial charge in [-0.05, 0) is 62.2 Å². The molecule has 1 heterocycles. The van der Waals surface area contributed by atoms with Crippen LogP contribution in [0.4, 0.5) is 10.5 Å². The van der Waals surface area contributed by atoms with Crippen molar-refractivity contribution in [2.45, 2.75) is 25.8 Å². The van der Waals surface area contributed by atoms with E-state index in [4.69, 9.17) is 14.2 Å². The molecule has 1 unspecified atom stereocenters. The Labute approximate surface area is 170 Å². The number of carbonyl (C=O) groups is 2. The van der Waals surface area contributed by atoms with Gasteiger partial charge < -0.3 is 19.1 Å². The van der Waals surface area contributed by atoms with E-state index in [0.29, 0.717) is 24.4 Å². The number of anilines is 1. The number of ether oxygens (including phenoxy) is 3. The van der Waals surface area contributed by atoms with Crippen LogP contribution in [0.5, 0.6) is 11.5 Å². The summed E-state index contributed by atoms with van der Waals surface area (Å²) in [5.74, 6) is 1.42. The van der Waals surface area contributed by atoms with Gasteiger partial charge in [-0.2, -0.15) is 0 Å². The van der Waals surface area contributed by atoms with Gasteiger partial charge >= 0.3 is 6.09 Å². The molecule has 1 aliphatic heterocycles. The fourth-order valence-corrected chi connectivity index (χ4v) is 3.58. The second kappa shape index (κ2) is 9.32. The Morgan fingerprint density at radius 2 is 1.86 bits per heavy atom. The molecule has 0 bridgehead atoms. The number of benzene rings is 2. The zero-order chi connectivity index (χ0) is 20.8. The van der Waals surface area contributed by atoms with Crippen molar-refractivity contribution in [1.29, 1.82) is 0 Å². The number of hydrogen-bond donors (Lipinski definition) is 1. The van der Waals surface area contributed by atoms with Gasteiger partial charge in [0.2, 0.25) is 0 Å². The molecule has 1 N–H and O–H groups in total. The summed E-state index contributed by atoms with van der Waals surface area (Å²) < 4.78 is 15.7. The average Bonchev–Trinajstić information content (AvgIpc) is 3.23. The highest BCUT2D eigenvalue weighted by Crippen LogP contribution is 2.39. The van der Waals surface area contributed by atoms with E-state index < -0.39 is 6.09 Å². The van der Waals surface area contributed by atoms with Crippen molar-refractivity contribution in [2.24, 2.45) is 0 Å². The molecule has 0 aliphatic carbocycles. The van der Waals surface area contributed by atoms with E-state index in [9.17, 15) is 9.59 Å². The monoisotopic (exact) mass is 398 g/mol. The van der Waals surface area contributed by atoms with Gasteiger partial charge in [-0.1, -0.05) is 0 Å². The van der Waals surface area contributed by atoms with Crippen LogP contribution in [-0.2, 0) is 4.74 Å². The Morgan fingerprint density at radius 1 is 1.10 bits per heavy atom. The standard InChI is InChI=1S/C22H26N2O5/c1-4-29-22(26)23-16-9-7-15(8-10-16)21(25)24-13-5-6-19(24)18-14-17(27-2)11-12-20(18)28-3/h7-12,14,19H,4-6,13H2,1-3H3,(H,23,26). The molecule has 0 aromatic heterocycles. The minimum Gasteiger partial charge on any atom is -0.497 e. The van der Waals surface area contributed by atoms with Gasteiger partial charge in [0.05, 0.1) is 26.9 Å². The van der Waals surface area contributed by atoms with E-state index in [1.165, 1.54) is 0 Å². The first-order chi connectivity index (χ1) is 14.1. The van der Waals surface area contributed by atoms with Crippen LogP contribution in [0.1, 0.15) is 41.7 Å². The van der Waals surface area contributed by atoms with Crippen LogP contribution in [0.25, 0.3) is 0 Å². The number of rotatable bonds is 6. The summed E-state index contributed by atoms with van der Waals surface area (Å²) in [5, 5.41) is 2.62. The molecule has 0 radical (unpaired) electrons. The van der Waals surface area contributed by atoms with Crippen molar-refractivity contribution in [3.05, 3.63) is 53.6 Å². The van der Waals surface area contributed by atoms with Crippen molar-refractivity contribution < 1.29 is 23.8 Å². The Kier molecular flexibility index (Phi) is 6.59. The van der Waals surface area contributed by atoms with Crippen LogP contribution in [0, 0.1) is 0 Å². The number of amides is 2. The molecular weight excluding hydrogens is 372 g/mol. The van der Waals surface area contributed by atoms with Gasteiger partial charge in [-0.25, -0.2) is 4.79 Å². The predicted octanol–water partition coefficient (Wildman–Crippen LogP) is 4.25. The van der Waals surface area contributed by atoms with Gasteiger partial charge in [0.15, 0.2) is 0 Å². The molecule has 1 aliphatic rings. The van der Waals surface area contributed by atoms with E-state index in [1.807, 2.05) is 23.1 Å². The summed E-state index contributed by atoms with van der Waals surface area (Å²) in [6, 6.07) is 12.4. The molecular formula is C22H26N2O5. The summed E-state index contributed by atoms with van der Waals surface area (Å²) in [7, 11) is 3.25. The van der Waals surface area contributed by atoms with E-state index in [2.05, 4.69) is 5.32 Å². The van der Waals surface area contributed by atoms with Crippen molar-refractivity contribution in [3.8, 4) is 11.5 Å². The molecule has 2 aromatic carbocycles. The maximum absolute atomic E-state index is 13.2. The summed E-state index contributed by atoms with van der Waals surface area (Å²) in [4.78, 5) is 26.6. The summed E-state index contributed by atoms with van der Waals surface area (Å²) >= 11 is 0. The topological polar surface area (TPSA) is 77.1 Å². The second-order valence-corrected chi connectivity index (χ2v) is 6.69. The highest BCUT2D eigenvalue weighted by atomic mass is 16.5. The maximum atomic E-state index is 13.2. The molecule has 154 valence electrons. The number of methoxy groups -OCH3 is 2. The van der Waals surface area contributed by atoms with Gasteiger partial charge in [-0.3, -0.25) is 10.1 Å². The second-order valence-electron chi connectivity index (χ2n) is 6.69.